The summed E-state index contributed by atoms with van der Waals surface area (Å²) in [7, 11) is 1.60. The smallest absolute Gasteiger partial charge is 0.259 e. The summed E-state index contributed by atoms with van der Waals surface area (Å²) in [5, 5.41) is 15.8. The van der Waals surface area contributed by atoms with Crippen molar-refractivity contribution in [2.45, 2.75) is 40.5 Å². The third-order valence-corrected chi connectivity index (χ3v) is 5.25. The molecule has 3 rings (SSSR count). The molecule has 2 amide bonds. The van der Waals surface area contributed by atoms with Crippen molar-refractivity contribution in [1.82, 2.24) is 5.32 Å². The Morgan fingerprint density at radius 1 is 0.944 bits per heavy atom. The van der Waals surface area contributed by atoms with Crippen molar-refractivity contribution in [2.75, 3.05) is 25.6 Å². The summed E-state index contributed by atoms with van der Waals surface area (Å²) in [6.45, 7) is 8.86. The zero-order valence-electron chi connectivity index (χ0n) is 21.7. The molecule has 0 aliphatic carbocycles. The van der Waals surface area contributed by atoms with Crippen molar-refractivity contribution >= 4 is 17.5 Å². The Labute approximate surface area is 213 Å². The topological polar surface area (TPSA) is 96.9 Å². The highest BCUT2D eigenvalue weighted by atomic mass is 16.5. The number of benzene rings is 3. The van der Waals surface area contributed by atoms with Gasteiger partial charge in [-0.1, -0.05) is 44.2 Å². The van der Waals surface area contributed by atoms with E-state index in [2.05, 4.69) is 10.6 Å². The molecule has 0 aliphatic heterocycles. The molecule has 0 unspecified atom stereocenters. The maximum Gasteiger partial charge on any atom is 0.259 e. The van der Waals surface area contributed by atoms with Crippen LogP contribution < -0.4 is 15.4 Å². The molecule has 0 saturated carbocycles. The number of hydrogen-bond donors (Lipinski definition) is 3. The van der Waals surface area contributed by atoms with Crippen molar-refractivity contribution in [2.24, 2.45) is 0 Å². The number of phenolic OH excluding ortho intramolecular Hbond substituents is 1. The minimum absolute atomic E-state index is 0.0157. The number of methoxy groups -OCH3 is 1. The molecule has 0 saturated heterocycles. The van der Waals surface area contributed by atoms with Crippen molar-refractivity contribution in [3.05, 3.63) is 82.9 Å². The van der Waals surface area contributed by atoms with Crippen LogP contribution in [0.4, 0.5) is 5.69 Å². The lowest BCUT2D eigenvalue weighted by atomic mass is 10.0. The van der Waals surface area contributed by atoms with Crippen LogP contribution in [-0.2, 0) is 16.0 Å². The lowest BCUT2D eigenvalue weighted by molar-refractivity contribution is -0.121. The summed E-state index contributed by atoms with van der Waals surface area (Å²) in [4.78, 5) is 24.6. The van der Waals surface area contributed by atoms with Gasteiger partial charge < -0.3 is 25.2 Å². The number of rotatable bonds is 10. The van der Waals surface area contributed by atoms with Gasteiger partial charge in [0.2, 0.25) is 5.91 Å². The van der Waals surface area contributed by atoms with Crippen LogP contribution in [0.3, 0.4) is 0 Å². The summed E-state index contributed by atoms with van der Waals surface area (Å²) < 4.78 is 11.0. The minimum atomic E-state index is -0.429. The predicted octanol–water partition coefficient (Wildman–Crippen LogP) is 5.78. The molecule has 0 heterocycles. The van der Waals surface area contributed by atoms with E-state index in [4.69, 9.17) is 9.47 Å². The molecule has 0 spiro atoms. The van der Waals surface area contributed by atoms with Gasteiger partial charge in [-0.15, -0.1) is 0 Å². The molecule has 0 atom stereocenters. The molecule has 36 heavy (non-hydrogen) atoms. The second-order valence-electron chi connectivity index (χ2n) is 8.00. The second kappa shape index (κ2) is 14.5. The largest absolute Gasteiger partial charge is 0.507 e. The first-order chi connectivity index (χ1) is 17.4. The molecule has 0 bridgehead atoms. The van der Waals surface area contributed by atoms with E-state index >= 15 is 0 Å². The monoisotopic (exact) mass is 492 g/mol. The molecule has 0 radical (unpaired) electrons. The standard InChI is InChI=1S/C27H30N2O5.C2H6/c1-18-15-20(9-12-25(31)28-13-14-33-3)16-19(2)26(18)34-22-10-11-24(30)23(17-22)27(32)29-21-7-5-4-6-8-21;1-2/h4-8,10-11,15-17,30H,9,12-14H2,1-3H3,(H,28,31)(H,29,32);1-2H3. The summed E-state index contributed by atoms with van der Waals surface area (Å²) in [6.07, 6.45) is 1.00. The maximum atomic E-state index is 12.7. The zero-order valence-corrected chi connectivity index (χ0v) is 21.7. The number of anilines is 1. The lowest BCUT2D eigenvalue weighted by Crippen LogP contribution is -2.27. The molecule has 192 valence electrons. The van der Waals surface area contributed by atoms with E-state index in [1.54, 1.807) is 25.3 Å². The molecule has 3 N–H and O–H groups in total. The number of carbonyl (C=O) groups is 2. The van der Waals surface area contributed by atoms with Gasteiger partial charge in [-0.25, -0.2) is 0 Å². The number of carbonyl (C=O) groups excluding carboxylic acids is 2. The fourth-order valence-corrected chi connectivity index (χ4v) is 3.58. The number of phenols is 1. The van der Waals surface area contributed by atoms with Crippen molar-refractivity contribution in [3.8, 4) is 17.2 Å². The van der Waals surface area contributed by atoms with Gasteiger partial charge in [0.25, 0.3) is 5.91 Å². The molecular formula is C29H36N2O5. The average molecular weight is 493 g/mol. The average Bonchev–Trinajstić information content (AvgIpc) is 2.88. The molecule has 3 aromatic rings. The van der Waals surface area contributed by atoms with Crippen molar-refractivity contribution in [1.29, 1.82) is 0 Å². The third kappa shape index (κ3) is 8.43. The van der Waals surface area contributed by atoms with Crippen molar-refractivity contribution < 1.29 is 24.2 Å². The van der Waals surface area contributed by atoms with Gasteiger partial charge in [-0.3, -0.25) is 9.59 Å². The van der Waals surface area contributed by atoms with Crippen LogP contribution in [0.15, 0.2) is 60.7 Å². The number of aryl methyl sites for hydroxylation is 3. The maximum absolute atomic E-state index is 12.7. The Kier molecular flexibility index (Phi) is 11.5. The third-order valence-electron chi connectivity index (χ3n) is 5.25. The summed E-state index contributed by atoms with van der Waals surface area (Å²) in [5.74, 6) is 0.536. The van der Waals surface area contributed by atoms with Gasteiger partial charge in [0.1, 0.15) is 17.2 Å². The Bertz CT molecular complexity index is 1120. The van der Waals surface area contributed by atoms with E-state index in [-0.39, 0.29) is 17.2 Å². The highest BCUT2D eigenvalue weighted by molar-refractivity contribution is 6.06. The number of nitrogens with one attached hydrogen (secondary N) is 2. The van der Waals surface area contributed by atoms with Crippen LogP contribution in [0.25, 0.3) is 0 Å². The molecule has 0 aromatic heterocycles. The minimum Gasteiger partial charge on any atom is -0.507 e. The molecule has 0 aliphatic rings. The van der Waals surface area contributed by atoms with Gasteiger partial charge in [0, 0.05) is 25.8 Å². The van der Waals surface area contributed by atoms with E-state index in [1.807, 2.05) is 58.0 Å². The first kappa shape index (κ1) is 28.4. The first-order valence-electron chi connectivity index (χ1n) is 12.1. The van der Waals surface area contributed by atoms with E-state index in [0.29, 0.717) is 43.2 Å². The van der Waals surface area contributed by atoms with Crippen LogP contribution in [0.5, 0.6) is 17.2 Å². The van der Waals surface area contributed by atoms with E-state index in [0.717, 1.165) is 16.7 Å². The normalized spacial score (nSPS) is 10.1. The van der Waals surface area contributed by atoms with Gasteiger partial charge in [-0.05, 0) is 67.3 Å². The van der Waals surface area contributed by atoms with Crippen LogP contribution in [0.1, 0.15) is 47.3 Å². The predicted molar refractivity (Wildman–Crippen MR) is 143 cm³/mol. The molecule has 7 heteroatoms. The Hall–Kier alpha value is -3.84. The van der Waals surface area contributed by atoms with Crippen molar-refractivity contribution in [3.63, 3.8) is 0 Å². The summed E-state index contributed by atoms with van der Waals surface area (Å²) in [6, 6.07) is 17.6. The van der Waals surface area contributed by atoms with Gasteiger partial charge in [0.05, 0.1) is 12.2 Å². The molecule has 7 nitrogen and oxygen atoms in total. The highest BCUT2D eigenvalue weighted by Gasteiger charge is 2.15. The molecule has 3 aromatic carbocycles. The van der Waals surface area contributed by atoms with Crippen LogP contribution in [-0.4, -0.2) is 37.2 Å². The van der Waals surface area contributed by atoms with Gasteiger partial charge in [-0.2, -0.15) is 0 Å². The molecular weight excluding hydrogens is 456 g/mol. The quantitative estimate of drug-likeness (QED) is 0.312. The fourth-order valence-electron chi connectivity index (χ4n) is 3.58. The number of amides is 2. The molecule has 0 fully saturated rings. The van der Waals surface area contributed by atoms with Gasteiger partial charge >= 0.3 is 0 Å². The summed E-state index contributed by atoms with van der Waals surface area (Å²) in [5.41, 5.74) is 3.62. The van der Waals surface area contributed by atoms with Crippen LogP contribution >= 0.6 is 0 Å². The van der Waals surface area contributed by atoms with Gasteiger partial charge in [0.15, 0.2) is 0 Å². The van der Waals surface area contributed by atoms with Crippen LogP contribution in [0, 0.1) is 13.8 Å². The second-order valence-corrected chi connectivity index (χ2v) is 8.00. The Morgan fingerprint density at radius 3 is 2.25 bits per heavy atom. The Balaban J connectivity index is 0.00000222. The van der Waals surface area contributed by atoms with E-state index in [1.165, 1.54) is 12.1 Å². The number of aromatic hydroxyl groups is 1. The number of ether oxygens (including phenoxy) is 2. The number of para-hydroxylation sites is 1. The highest BCUT2D eigenvalue weighted by Crippen LogP contribution is 2.32. The summed E-state index contributed by atoms with van der Waals surface area (Å²) >= 11 is 0. The zero-order chi connectivity index (χ0) is 26.5. The van der Waals surface area contributed by atoms with Crippen LogP contribution in [0.2, 0.25) is 0 Å². The SMILES string of the molecule is CC.COCCNC(=O)CCc1cc(C)c(Oc2ccc(O)c(C(=O)Nc3ccccc3)c2)c(C)c1. The van der Waals surface area contributed by atoms with E-state index < -0.39 is 5.91 Å². The Morgan fingerprint density at radius 2 is 1.61 bits per heavy atom. The first-order valence-corrected chi connectivity index (χ1v) is 12.1. The lowest BCUT2D eigenvalue weighted by Gasteiger charge is -2.15. The van der Waals surface area contributed by atoms with E-state index in [9.17, 15) is 14.7 Å². The fraction of sp³-hybridized carbons (Fsp3) is 0.310. The number of hydrogen-bond acceptors (Lipinski definition) is 5.